The average Bonchev–Trinajstić information content (AvgIpc) is 3.55. The number of anilines is 1. The molecule has 1 saturated heterocycles. The van der Waals surface area contributed by atoms with Gasteiger partial charge in [0.15, 0.2) is 11.6 Å². The van der Waals surface area contributed by atoms with E-state index in [0.717, 1.165) is 11.1 Å². The van der Waals surface area contributed by atoms with Crippen LogP contribution in [0.3, 0.4) is 0 Å². The van der Waals surface area contributed by atoms with Crippen molar-refractivity contribution in [3.63, 3.8) is 0 Å². The zero-order valence-electron chi connectivity index (χ0n) is 24.1. The molecular formula is C37H30N2O5. The van der Waals surface area contributed by atoms with Crippen LogP contribution in [0.25, 0.3) is 6.08 Å². The average molecular weight is 583 g/mol. The van der Waals surface area contributed by atoms with Crippen molar-refractivity contribution in [3.05, 3.63) is 144 Å². The van der Waals surface area contributed by atoms with E-state index in [1.165, 1.54) is 0 Å². The standard InChI is InChI=1S/C37H30N2O5/c1-3-21-44-27-11-8-10-25(22-27)33(40)31-32(34(41)24-15-17-26(43-2)18-16-24)39-20-19-23-9-4-5-12-28(23)35(39)37(31)29-13-6-7-14-30(29)38-36(37)42/h3-20,22,31-32,35H,1,21H2,2H3,(H,38,42)/t31-,32-,35+,37-/m0/s1. The molecule has 0 aromatic heterocycles. The molecule has 0 aliphatic carbocycles. The molecule has 4 aromatic rings. The van der Waals surface area contributed by atoms with Crippen LogP contribution in [0, 0.1) is 5.92 Å². The number of fused-ring (bicyclic) bond motifs is 6. The summed E-state index contributed by atoms with van der Waals surface area (Å²) in [6.07, 6.45) is 5.45. The number of nitrogens with zero attached hydrogens (tertiary/aromatic N) is 1. The van der Waals surface area contributed by atoms with Gasteiger partial charge in [0.2, 0.25) is 5.91 Å². The molecule has 1 amide bonds. The molecule has 0 radical (unpaired) electrons. The molecule has 4 aromatic carbocycles. The Hall–Kier alpha value is -5.43. The Morgan fingerprint density at radius 1 is 0.909 bits per heavy atom. The molecule has 3 aliphatic heterocycles. The maximum Gasteiger partial charge on any atom is 0.238 e. The topological polar surface area (TPSA) is 84.9 Å². The summed E-state index contributed by atoms with van der Waals surface area (Å²) >= 11 is 0. The first-order valence-corrected chi connectivity index (χ1v) is 14.5. The Bertz CT molecular complexity index is 1840. The van der Waals surface area contributed by atoms with E-state index >= 15 is 4.79 Å². The molecule has 4 atom stereocenters. The first-order valence-electron chi connectivity index (χ1n) is 14.5. The van der Waals surface area contributed by atoms with E-state index < -0.39 is 23.4 Å². The minimum atomic E-state index is -1.40. The van der Waals surface area contributed by atoms with Crippen molar-refractivity contribution < 1.29 is 23.9 Å². The first-order chi connectivity index (χ1) is 21.5. The van der Waals surface area contributed by atoms with Gasteiger partial charge in [0.25, 0.3) is 0 Å². The van der Waals surface area contributed by atoms with Crippen LogP contribution in [0.5, 0.6) is 11.5 Å². The monoisotopic (exact) mass is 582 g/mol. The molecule has 0 saturated carbocycles. The van der Waals surface area contributed by atoms with Crippen LogP contribution in [-0.4, -0.2) is 42.1 Å². The van der Waals surface area contributed by atoms with Gasteiger partial charge < -0.3 is 19.7 Å². The SMILES string of the molecule is C=CCOc1cccc(C(=O)[C@@H]2[C@@H](C(=O)c3ccc(OC)cc3)N3C=Cc4ccccc4[C@@H]3[C@@]23C(=O)Nc2ccccc23)c1. The normalized spacial score (nSPS) is 22.5. The van der Waals surface area contributed by atoms with Crippen LogP contribution in [0.4, 0.5) is 5.69 Å². The van der Waals surface area contributed by atoms with Gasteiger partial charge in [0.05, 0.1) is 19.1 Å². The largest absolute Gasteiger partial charge is 0.497 e. The quantitative estimate of drug-likeness (QED) is 0.196. The van der Waals surface area contributed by atoms with Crippen molar-refractivity contribution in [1.29, 1.82) is 0 Å². The summed E-state index contributed by atoms with van der Waals surface area (Å²) in [4.78, 5) is 46.2. The first kappa shape index (κ1) is 27.4. The summed E-state index contributed by atoms with van der Waals surface area (Å²) in [5, 5.41) is 3.08. The lowest BCUT2D eigenvalue weighted by atomic mass is 9.62. The summed E-state index contributed by atoms with van der Waals surface area (Å²) in [5.41, 5.74) is 2.54. The van der Waals surface area contributed by atoms with Gasteiger partial charge in [0, 0.05) is 23.0 Å². The fourth-order valence-electron chi connectivity index (χ4n) is 7.17. The highest BCUT2D eigenvalue weighted by Crippen LogP contribution is 2.62. The number of ether oxygens (including phenoxy) is 2. The van der Waals surface area contributed by atoms with Crippen molar-refractivity contribution in [2.24, 2.45) is 5.92 Å². The van der Waals surface area contributed by atoms with Crippen LogP contribution in [0.2, 0.25) is 0 Å². The fraction of sp³-hybridized carbons (Fsp3) is 0.162. The Kier molecular flexibility index (Phi) is 6.66. The molecule has 7 nitrogen and oxygen atoms in total. The van der Waals surface area contributed by atoms with Crippen molar-refractivity contribution in [3.8, 4) is 11.5 Å². The number of hydrogen-bond acceptors (Lipinski definition) is 6. The molecule has 1 fully saturated rings. The van der Waals surface area contributed by atoms with Crippen LogP contribution in [-0.2, 0) is 10.2 Å². The molecule has 7 rings (SSSR count). The fourth-order valence-corrected chi connectivity index (χ4v) is 7.17. The molecule has 3 aliphatic rings. The number of methoxy groups -OCH3 is 1. The van der Waals surface area contributed by atoms with Crippen LogP contribution in [0.15, 0.2) is 116 Å². The number of amides is 1. The van der Waals surface area contributed by atoms with Crippen molar-refractivity contribution in [2.75, 3.05) is 19.0 Å². The second-order valence-electron chi connectivity index (χ2n) is 11.2. The van der Waals surface area contributed by atoms with Gasteiger partial charge in [-0.1, -0.05) is 67.3 Å². The minimum Gasteiger partial charge on any atom is -0.497 e. The lowest BCUT2D eigenvalue weighted by Crippen LogP contribution is -2.49. The van der Waals surface area contributed by atoms with E-state index in [1.807, 2.05) is 65.7 Å². The molecule has 44 heavy (non-hydrogen) atoms. The van der Waals surface area contributed by atoms with Crippen LogP contribution < -0.4 is 14.8 Å². The molecule has 3 heterocycles. The highest BCUT2D eigenvalue weighted by Gasteiger charge is 2.70. The molecule has 0 unspecified atom stereocenters. The second-order valence-corrected chi connectivity index (χ2v) is 11.2. The zero-order chi connectivity index (χ0) is 30.4. The third-order valence-corrected chi connectivity index (χ3v) is 8.98. The van der Waals surface area contributed by atoms with Crippen molar-refractivity contribution in [2.45, 2.75) is 17.5 Å². The Balaban J connectivity index is 1.49. The third kappa shape index (κ3) is 4.00. The molecular weight excluding hydrogens is 552 g/mol. The molecule has 218 valence electrons. The van der Waals surface area contributed by atoms with Gasteiger partial charge >= 0.3 is 0 Å². The number of nitrogens with one attached hydrogen (secondary N) is 1. The van der Waals surface area contributed by atoms with E-state index in [-0.39, 0.29) is 24.1 Å². The van der Waals surface area contributed by atoms with Crippen molar-refractivity contribution in [1.82, 2.24) is 4.90 Å². The maximum atomic E-state index is 15.0. The number of carbonyl (C=O) groups is 3. The number of Topliss-reactive ketones (excluding diaryl/α,β-unsaturated/α-hetero) is 2. The third-order valence-electron chi connectivity index (χ3n) is 8.98. The number of rotatable bonds is 8. The summed E-state index contributed by atoms with van der Waals surface area (Å²) in [6.45, 7) is 3.98. The number of para-hydroxylation sites is 1. The van der Waals surface area contributed by atoms with Gasteiger partial charge in [-0.3, -0.25) is 14.4 Å². The lowest BCUT2D eigenvalue weighted by molar-refractivity contribution is -0.122. The van der Waals surface area contributed by atoms with Gasteiger partial charge in [0.1, 0.15) is 29.6 Å². The highest BCUT2D eigenvalue weighted by molar-refractivity contribution is 6.16. The Morgan fingerprint density at radius 3 is 2.48 bits per heavy atom. The molecule has 0 bridgehead atoms. The number of benzene rings is 4. The summed E-state index contributed by atoms with van der Waals surface area (Å²) in [5.74, 6) is -0.832. The van der Waals surface area contributed by atoms with E-state index in [9.17, 15) is 9.59 Å². The molecule has 1 spiro atoms. The molecule has 1 N–H and O–H groups in total. The van der Waals surface area contributed by atoms with E-state index in [2.05, 4.69) is 11.9 Å². The Morgan fingerprint density at radius 2 is 1.68 bits per heavy atom. The van der Waals surface area contributed by atoms with Crippen LogP contribution >= 0.6 is 0 Å². The maximum absolute atomic E-state index is 15.0. The predicted octanol–water partition coefficient (Wildman–Crippen LogP) is 6.24. The molecule has 7 heteroatoms. The Labute approximate surface area is 255 Å². The number of carbonyl (C=O) groups excluding carboxylic acids is 3. The number of hydrogen-bond donors (Lipinski definition) is 1. The second kappa shape index (κ2) is 10.7. The summed E-state index contributed by atoms with van der Waals surface area (Å²) in [6, 6.07) is 27.5. The van der Waals surface area contributed by atoms with Crippen molar-refractivity contribution >= 4 is 29.2 Å². The van der Waals surface area contributed by atoms with E-state index in [1.54, 1.807) is 61.7 Å². The minimum absolute atomic E-state index is 0.256. The highest BCUT2D eigenvalue weighted by atomic mass is 16.5. The van der Waals surface area contributed by atoms with Gasteiger partial charge in [-0.25, -0.2) is 0 Å². The van der Waals surface area contributed by atoms with Gasteiger partial charge in [-0.2, -0.15) is 0 Å². The summed E-state index contributed by atoms with van der Waals surface area (Å²) in [7, 11) is 1.57. The zero-order valence-corrected chi connectivity index (χ0v) is 24.1. The lowest BCUT2D eigenvalue weighted by Gasteiger charge is -2.38. The smallest absolute Gasteiger partial charge is 0.238 e. The van der Waals surface area contributed by atoms with Gasteiger partial charge in [-0.05, 0) is 65.2 Å². The number of ketones is 2. The van der Waals surface area contributed by atoms with E-state index in [4.69, 9.17) is 9.47 Å². The van der Waals surface area contributed by atoms with E-state index in [0.29, 0.717) is 33.9 Å². The van der Waals surface area contributed by atoms with Crippen LogP contribution in [0.1, 0.15) is 43.4 Å². The predicted molar refractivity (Wildman–Crippen MR) is 168 cm³/mol. The van der Waals surface area contributed by atoms with Gasteiger partial charge in [-0.15, -0.1) is 0 Å². The summed E-state index contributed by atoms with van der Waals surface area (Å²) < 4.78 is 11.1.